The number of hydrogen-bond acceptors (Lipinski definition) is 3. The molecule has 1 amide bonds. The fourth-order valence-electron chi connectivity index (χ4n) is 2.24. The Labute approximate surface area is 132 Å². The van der Waals surface area contributed by atoms with Crippen LogP contribution in [0.4, 0.5) is 8.78 Å². The molecule has 0 aliphatic carbocycles. The molecule has 0 radical (unpaired) electrons. The molecule has 0 spiro atoms. The molecule has 0 bridgehead atoms. The van der Waals surface area contributed by atoms with Crippen LogP contribution in [-0.2, 0) is 11.2 Å². The highest BCUT2D eigenvalue weighted by Crippen LogP contribution is 2.25. The van der Waals surface area contributed by atoms with Gasteiger partial charge in [-0.25, -0.2) is 13.8 Å². The van der Waals surface area contributed by atoms with Crippen LogP contribution in [0.3, 0.4) is 0 Å². The van der Waals surface area contributed by atoms with E-state index in [-0.39, 0.29) is 17.5 Å². The Balaban J connectivity index is 2.10. The summed E-state index contributed by atoms with van der Waals surface area (Å²) in [4.78, 5) is 17.7. The van der Waals surface area contributed by atoms with Crippen LogP contribution < -0.4 is 0 Å². The fourth-order valence-corrected chi connectivity index (χ4v) is 3.03. The van der Waals surface area contributed by atoms with E-state index in [1.54, 1.807) is 17.2 Å². The number of hydrogen-bond donors (Lipinski definition) is 0. The van der Waals surface area contributed by atoms with Crippen molar-refractivity contribution >= 4 is 17.2 Å². The predicted molar refractivity (Wildman–Crippen MR) is 83.7 cm³/mol. The number of rotatable bonds is 5. The van der Waals surface area contributed by atoms with Gasteiger partial charge in [0.05, 0.1) is 10.7 Å². The first-order valence-corrected chi connectivity index (χ1v) is 7.93. The van der Waals surface area contributed by atoms with Crippen LogP contribution in [0, 0.1) is 11.6 Å². The van der Waals surface area contributed by atoms with Gasteiger partial charge in [0.15, 0.2) is 0 Å². The molecule has 0 saturated carbocycles. The minimum Gasteiger partial charge on any atom is -0.340 e. The Morgan fingerprint density at radius 2 is 2.09 bits per heavy atom. The Kier molecular flexibility index (Phi) is 5.24. The van der Waals surface area contributed by atoms with Gasteiger partial charge in [0.1, 0.15) is 11.6 Å². The molecule has 1 aromatic heterocycles. The number of amides is 1. The monoisotopic (exact) mass is 324 g/mol. The van der Waals surface area contributed by atoms with Crippen LogP contribution in [-0.4, -0.2) is 28.4 Å². The second kappa shape index (κ2) is 6.96. The van der Waals surface area contributed by atoms with Gasteiger partial charge in [0, 0.05) is 42.9 Å². The molecule has 0 atom stereocenters. The van der Waals surface area contributed by atoms with Crippen LogP contribution >= 0.6 is 11.3 Å². The lowest BCUT2D eigenvalue weighted by atomic mass is 10.1. The molecule has 1 heterocycles. The number of nitrogens with zero attached hydrogens (tertiary/aromatic N) is 2. The molecule has 0 saturated heterocycles. The van der Waals surface area contributed by atoms with Crippen molar-refractivity contribution in [2.75, 3.05) is 6.54 Å². The second-order valence-corrected chi connectivity index (χ2v) is 6.25. The molecule has 0 aliphatic rings. The number of thiazole rings is 1. The quantitative estimate of drug-likeness (QED) is 0.836. The van der Waals surface area contributed by atoms with Crippen LogP contribution in [0.1, 0.15) is 25.8 Å². The first kappa shape index (κ1) is 16.5. The van der Waals surface area contributed by atoms with Gasteiger partial charge in [-0.1, -0.05) is 0 Å². The number of carbonyl (C=O) groups is 1. The fraction of sp³-hybridized carbons (Fsp3) is 0.375. The Hall–Kier alpha value is -1.82. The van der Waals surface area contributed by atoms with Gasteiger partial charge in [-0.05, 0) is 26.0 Å². The molecule has 2 aromatic rings. The summed E-state index contributed by atoms with van der Waals surface area (Å²) in [5.74, 6) is -1.20. The molecular formula is C16H18F2N2OS. The maximum absolute atomic E-state index is 13.7. The lowest BCUT2D eigenvalue weighted by Gasteiger charge is -2.24. The van der Waals surface area contributed by atoms with Crippen molar-refractivity contribution < 1.29 is 13.6 Å². The summed E-state index contributed by atoms with van der Waals surface area (Å²) in [5, 5.41) is 2.57. The molecule has 0 fully saturated rings. The molecule has 0 unspecified atom stereocenters. The highest BCUT2D eigenvalue weighted by molar-refractivity contribution is 7.09. The van der Waals surface area contributed by atoms with E-state index in [9.17, 15) is 13.6 Å². The number of carbonyl (C=O) groups excluding carboxylic acids is 1. The number of benzene rings is 1. The van der Waals surface area contributed by atoms with Crippen LogP contribution in [0.25, 0.3) is 11.3 Å². The van der Waals surface area contributed by atoms with E-state index in [0.29, 0.717) is 18.7 Å². The van der Waals surface area contributed by atoms with Gasteiger partial charge >= 0.3 is 0 Å². The van der Waals surface area contributed by atoms with E-state index in [2.05, 4.69) is 4.98 Å². The van der Waals surface area contributed by atoms with Crippen LogP contribution in [0.15, 0.2) is 23.6 Å². The van der Waals surface area contributed by atoms with Gasteiger partial charge in [-0.3, -0.25) is 4.79 Å². The molecule has 2 rings (SSSR count). The summed E-state index contributed by atoms with van der Waals surface area (Å²) >= 11 is 1.41. The standard InChI is InChI=1S/C16H18F2N2OS/c1-10(2)20(11(3)21)7-6-16-19-15(9-22-16)13-5-4-12(17)8-14(13)18/h4-5,8-10H,6-7H2,1-3H3. The smallest absolute Gasteiger partial charge is 0.219 e. The summed E-state index contributed by atoms with van der Waals surface area (Å²) in [5.41, 5.74) is 0.785. The van der Waals surface area contributed by atoms with Crippen LogP contribution in [0.2, 0.25) is 0 Å². The minimum atomic E-state index is -0.621. The van der Waals surface area contributed by atoms with Gasteiger partial charge in [-0.2, -0.15) is 0 Å². The van der Waals surface area contributed by atoms with E-state index < -0.39 is 11.6 Å². The maximum atomic E-state index is 13.7. The summed E-state index contributed by atoms with van der Waals surface area (Å²) in [6.45, 7) is 6.04. The molecular weight excluding hydrogens is 306 g/mol. The molecule has 1 aromatic carbocycles. The van der Waals surface area contributed by atoms with Crippen LogP contribution in [0.5, 0.6) is 0 Å². The summed E-state index contributed by atoms with van der Waals surface area (Å²) < 4.78 is 26.7. The van der Waals surface area contributed by atoms with Gasteiger partial charge in [-0.15, -0.1) is 11.3 Å². The Bertz CT molecular complexity index is 670. The van der Waals surface area contributed by atoms with E-state index in [4.69, 9.17) is 0 Å². The highest BCUT2D eigenvalue weighted by Gasteiger charge is 2.14. The van der Waals surface area contributed by atoms with Crippen molar-refractivity contribution in [2.45, 2.75) is 33.2 Å². The normalized spacial score (nSPS) is 11.0. The number of aromatic nitrogens is 1. The van der Waals surface area contributed by atoms with Gasteiger partial charge < -0.3 is 4.90 Å². The third-order valence-corrected chi connectivity index (χ3v) is 4.26. The molecule has 0 N–H and O–H groups in total. The Morgan fingerprint density at radius 1 is 1.36 bits per heavy atom. The lowest BCUT2D eigenvalue weighted by molar-refractivity contribution is -0.130. The zero-order chi connectivity index (χ0) is 16.3. The first-order valence-electron chi connectivity index (χ1n) is 7.05. The summed E-state index contributed by atoms with van der Waals surface area (Å²) in [7, 11) is 0. The third kappa shape index (κ3) is 3.88. The van der Waals surface area contributed by atoms with E-state index in [1.165, 1.54) is 23.5 Å². The van der Waals surface area contributed by atoms with Gasteiger partial charge in [0.2, 0.25) is 5.91 Å². The zero-order valence-corrected chi connectivity index (χ0v) is 13.6. The second-order valence-electron chi connectivity index (χ2n) is 5.31. The highest BCUT2D eigenvalue weighted by atomic mass is 32.1. The topological polar surface area (TPSA) is 33.2 Å². The number of halogens is 2. The molecule has 6 heteroatoms. The molecule has 118 valence electrons. The average molecular weight is 324 g/mol. The molecule has 22 heavy (non-hydrogen) atoms. The van der Waals surface area contributed by atoms with E-state index >= 15 is 0 Å². The Morgan fingerprint density at radius 3 is 2.68 bits per heavy atom. The predicted octanol–water partition coefficient (Wildman–Crippen LogP) is 3.89. The summed E-state index contributed by atoms with van der Waals surface area (Å²) in [6, 6.07) is 3.59. The van der Waals surface area contributed by atoms with Crippen molar-refractivity contribution in [3.05, 3.63) is 40.2 Å². The van der Waals surface area contributed by atoms with Crippen molar-refractivity contribution in [2.24, 2.45) is 0 Å². The minimum absolute atomic E-state index is 0.0244. The van der Waals surface area contributed by atoms with Crippen molar-refractivity contribution in [1.82, 2.24) is 9.88 Å². The van der Waals surface area contributed by atoms with E-state index in [1.807, 2.05) is 13.8 Å². The first-order chi connectivity index (χ1) is 10.4. The SMILES string of the molecule is CC(=O)N(CCc1nc(-c2ccc(F)cc2F)cs1)C(C)C. The lowest BCUT2D eigenvalue weighted by Crippen LogP contribution is -2.36. The maximum Gasteiger partial charge on any atom is 0.219 e. The molecule has 3 nitrogen and oxygen atoms in total. The van der Waals surface area contributed by atoms with E-state index in [0.717, 1.165) is 11.1 Å². The molecule has 0 aliphatic heterocycles. The zero-order valence-electron chi connectivity index (χ0n) is 12.8. The van der Waals surface area contributed by atoms with Crippen molar-refractivity contribution in [1.29, 1.82) is 0 Å². The van der Waals surface area contributed by atoms with Gasteiger partial charge in [0.25, 0.3) is 0 Å². The average Bonchev–Trinajstić information content (AvgIpc) is 2.86. The summed E-state index contributed by atoms with van der Waals surface area (Å²) in [6.07, 6.45) is 0.616. The third-order valence-electron chi connectivity index (χ3n) is 3.35. The van der Waals surface area contributed by atoms with Crippen molar-refractivity contribution in [3.8, 4) is 11.3 Å². The van der Waals surface area contributed by atoms with Crippen molar-refractivity contribution in [3.63, 3.8) is 0 Å². The largest absolute Gasteiger partial charge is 0.340 e.